The van der Waals surface area contributed by atoms with Crippen molar-refractivity contribution in [3.05, 3.63) is 12.2 Å². The van der Waals surface area contributed by atoms with Crippen LogP contribution in [0.15, 0.2) is 12.2 Å². The van der Waals surface area contributed by atoms with Crippen LogP contribution in [-0.2, 0) is 23.7 Å². The molecule has 96 heavy (non-hydrogen) atoms. The van der Waals surface area contributed by atoms with E-state index < -0.39 is 86.8 Å². The highest BCUT2D eigenvalue weighted by Crippen LogP contribution is 2.31. The van der Waals surface area contributed by atoms with Gasteiger partial charge in [-0.25, -0.2) is 0 Å². The molecule has 12 unspecified atom stereocenters. The molecule has 0 spiro atoms. The summed E-state index contributed by atoms with van der Waals surface area (Å²) in [7, 11) is 0. The Bertz CT molecular complexity index is 1660. The summed E-state index contributed by atoms with van der Waals surface area (Å²) in [5, 5.41) is 87.7. The fraction of sp³-hybridized carbons (Fsp3) is 0.963. The molecule has 9 N–H and O–H groups in total. The zero-order valence-electron chi connectivity index (χ0n) is 62.7. The Labute approximate surface area is 590 Å². The van der Waals surface area contributed by atoms with Crippen molar-refractivity contribution in [3.63, 3.8) is 0 Å². The van der Waals surface area contributed by atoms with Crippen LogP contribution in [0.25, 0.3) is 0 Å². The summed E-state index contributed by atoms with van der Waals surface area (Å²) < 4.78 is 22.9. The zero-order valence-corrected chi connectivity index (χ0v) is 62.7. The maximum atomic E-state index is 13.4. The zero-order chi connectivity index (χ0) is 69.4. The van der Waals surface area contributed by atoms with E-state index in [0.29, 0.717) is 0 Å². The molecule has 2 aliphatic heterocycles. The second kappa shape index (κ2) is 66.9. The SMILES string of the molecule is CCCCCCCCCCCCCCCCCCCCCCCCC/C=C/C(O)C(COC1OC(CO)C(OC2OC(CO)C(O)C(O)C2O)C(O)C1O)NC(=O)CCCCCCCCCCCCCCCCCCCCCCCCCCCCCCCCCCCCCCC. The minimum atomic E-state index is -1.79. The number of ether oxygens (including phenoxy) is 4. The first kappa shape index (κ1) is 90.8. The largest absolute Gasteiger partial charge is 0.394 e. The van der Waals surface area contributed by atoms with E-state index in [1.807, 2.05) is 6.08 Å². The number of hydrogen-bond donors (Lipinski definition) is 9. The van der Waals surface area contributed by atoms with Gasteiger partial charge in [-0.2, -0.15) is 0 Å². The average molecular weight is 1370 g/mol. The van der Waals surface area contributed by atoms with Gasteiger partial charge >= 0.3 is 0 Å². The topological polar surface area (TPSA) is 228 Å². The van der Waals surface area contributed by atoms with Gasteiger partial charge in [0, 0.05) is 6.42 Å². The molecule has 2 rings (SSSR count). The van der Waals surface area contributed by atoms with Gasteiger partial charge in [0.15, 0.2) is 12.6 Å². The van der Waals surface area contributed by atoms with E-state index in [4.69, 9.17) is 18.9 Å². The predicted octanol–water partition coefficient (Wildman–Crippen LogP) is 19.3. The van der Waals surface area contributed by atoms with Gasteiger partial charge in [0.2, 0.25) is 5.91 Å². The molecule has 0 aromatic rings. The van der Waals surface area contributed by atoms with Crippen LogP contribution in [0.1, 0.15) is 412 Å². The molecule has 570 valence electrons. The van der Waals surface area contributed by atoms with Crippen LogP contribution in [0.2, 0.25) is 0 Å². The summed E-state index contributed by atoms with van der Waals surface area (Å²) in [6.07, 6.45) is 68.9. The molecule has 0 aromatic carbocycles. The normalized spacial score (nSPS) is 22.2. The van der Waals surface area contributed by atoms with Crippen LogP contribution in [0.4, 0.5) is 0 Å². The minimum Gasteiger partial charge on any atom is -0.394 e. The van der Waals surface area contributed by atoms with Crippen LogP contribution in [-0.4, -0.2) is 140 Å². The summed E-state index contributed by atoms with van der Waals surface area (Å²) in [5.41, 5.74) is 0. The Hall–Kier alpha value is -1.27. The Kier molecular flexibility index (Phi) is 63.3. The third-order valence-electron chi connectivity index (χ3n) is 21.0. The number of amides is 1. The highest BCUT2D eigenvalue weighted by molar-refractivity contribution is 5.76. The van der Waals surface area contributed by atoms with Crippen LogP contribution in [0.3, 0.4) is 0 Å². The maximum Gasteiger partial charge on any atom is 0.220 e. The van der Waals surface area contributed by atoms with E-state index in [0.717, 1.165) is 44.9 Å². The Morgan fingerprint density at radius 1 is 0.365 bits per heavy atom. The van der Waals surface area contributed by atoms with Crippen molar-refractivity contribution in [2.24, 2.45) is 0 Å². The first-order valence-electron chi connectivity index (χ1n) is 41.9. The number of aliphatic hydroxyl groups excluding tert-OH is 8. The maximum absolute atomic E-state index is 13.4. The Morgan fingerprint density at radius 3 is 0.958 bits per heavy atom. The van der Waals surface area contributed by atoms with E-state index in [-0.39, 0.29) is 18.9 Å². The van der Waals surface area contributed by atoms with Crippen molar-refractivity contribution in [3.8, 4) is 0 Å². The molecule has 1 amide bonds. The van der Waals surface area contributed by atoms with Crippen LogP contribution in [0.5, 0.6) is 0 Å². The van der Waals surface area contributed by atoms with Crippen LogP contribution in [0, 0.1) is 0 Å². The predicted molar refractivity (Wildman–Crippen MR) is 397 cm³/mol. The number of allylic oxidation sites excluding steroid dienone is 1. The number of rotatable bonds is 72. The number of carbonyl (C=O) groups excluding carboxylic acids is 1. The van der Waals surface area contributed by atoms with E-state index in [2.05, 4.69) is 19.2 Å². The van der Waals surface area contributed by atoms with Gasteiger partial charge in [0.05, 0.1) is 32.0 Å². The quantitative estimate of drug-likeness (QED) is 0.0204. The standard InChI is InChI=1S/C82H159NO13/c1-3-5-7-9-11-13-15-17-19-21-23-25-27-29-30-31-32-33-34-35-36-37-38-39-40-42-44-46-48-50-52-54-56-58-60-62-64-66-74(87)83-70(69-93-81-79(92)77(90)80(73(68-85)95-81)96-82-78(91)76(89)75(88)72(67-84)94-82)71(86)65-63-61-59-57-55-53-51-49-47-45-43-41-28-26-24-22-20-18-16-14-12-10-8-6-4-2/h63,65,70-73,75-82,84-86,88-92H,3-62,64,66-69H2,1-2H3,(H,83,87)/b65-63+. The molecule has 0 saturated carbocycles. The first-order chi connectivity index (χ1) is 47.1. The molecule has 14 heteroatoms. The summed E-state index contributed by atoms with van der Waals surface area (Å²) in [4.78, 5) is 13.4. The Balaban J connectivity index is 1.57. The highest BCUT2D eigenvalue weighted by Gasteiger charge is 2.51. The smallest absolute Gasteiger partial charge is 0.220 e. The first-order valence-corrected chi connectivity index (χ1v) is 41.9. The molecule has 0 aromatic heterocycles. The number of carbonyl (C=O) groups is 1. The molecule has 0 bridgehead atoms. The molecule has 2 saturated heterocycles. The summed E-state index contributed by atoms with van der Waals surface area (Å²) >= 11 is 0. The van der Waals surface area contributed by atoms with Gasteiger partial charge in [0.25, 0.3) is 0 Å². The van der Waals surface area contributed by atoms with Crippen LogP contribution < -0.4 is 5.32 Å². The molecule has 2 heterocycles. The minimum absolute atomic E-state index is 0.228. The number of nitrogens with one attached hydrogen (secondary N) is 1. The second-order valence-electron chi connectivity index (χ2n) is 30.0. The van der Waals surface area contributed by atoms with Crippen molar-refractivity contribution in [1.82, 2.24) is 5.32 Å². The molecular weight excluding hydrogens is 1210 g/mol. The lowest BCUT2D eigenvalue weighted by Gasteiger charge is -2.46. The summed E-state index contributed by atoms with van der Waals surface area (Å²) in [5.74, 6) is -0.228. The lowest BCUT2D eigenvalue weighted by atomic mass is 9.97. The van der Waals surface area contributed by atoms with Gasteiger partial charge in [0.1, 0.15) is 48.8 Å². The van der Waals surface area contributed by atoms with Gasteiger partial charge in [-0.3, -0.25) is 4.79 Å². The van der Waals surface area contributed by atoms with Gasteiger partial charge < -0.3 is 65.1 Å². The van der Waals surface area contributed by atoms with Crippen molar-refractivity contribution in [2.75, 3.05) is 19.8 Å². The monoisotopic (exact) mass is 1370 g/mol. The number of unbranched alkanes of at least 4 members (excludes halogenated alkanes) is 59. The summed E-state index contributed by atoms with van der Waals surface area (Å²) in [6, 6.07) is -0.912. The molecule has 2 fully saturated rings. The molecule has 2 aliphatic rings. The lowest BCUT2D eigenvalue weighted by molar-refractivity contribution is -0.359. The van der Waals surface area contributed by atoms with Crippen molar-refractivity contribution >= 4 is 5.91 Å². The third kappa shape index (κ3) is 49.4. The van der Waals surface area contributed by atoms with E-state index >= 15 is 0 Å². The van der Waals surface area contributed by atoms with E-state index in [1.165, 1.54) is 347 Å². The lowest BCUT2D eigenvalue weighted by Crippen LogP contribution is -2.65. The second-order valence-corrected chi connectivity index (χ2v) is 30.0. The fourth-order valence-corrected chi connectivity index (χ4v) is 14.4. The molecule has 12 atom stereocenters. The molecule has 14 nitrogen and oxygen atoms in total. The third-order valence-corrected chi connectivity index (χ3v) is 21.0. The van der Waals surface area contributed by atoms with Gasteiger partial charge in [-0.05, 0) is 19.3 Å². The van der Waals surface area contributed by atoms with E-state index in [9.17, 15) is 45.6 Å². The van der Waals surface area contributed by atoms with Gasteiger partial charge in [-0.1, -0.05) is 398 Å². The van der Waals surface area contributed by atoms with Crippen molar-refractivity contribution < 1.29 is 64.6 Å². The number of hydrogen-bond acceptors (Lipinski definition) is 13. The van der Waals surface area contributed by atoms with Crippen molar-refractivity contribution in [1.29, 1.82) is 0 Å². The average Bonchev–Trinajstić information content (AvgIpc) is 0.798. The Morgan fingerprint density at radius 2 is 0.646 bits per heavy atom. The molecule has 0 radical (unpaired) electrons. The highest BCUT2D eigenvalue weighted by atomic mass is 16.7. The summed E-state index contributed by atoms with van der Waals surface area (Å²) in [6.45, 7) is 2.88. The number of aliphatic hydroxyl groups is 8. The van der Waals surface area contributed by atoms with Crippen LogP contribution >= 0.6 is 0 Å². The van der Waals surface area contributed by atoms with Crippen molar-refractivity contribution in [2.45, 2.75) is 485 Å². The van der Waals surface area contributed by atoms with Gasteiger partial charge in [-0.15, -0.1) is 0 Å². The van der Waals surface area contributed by atoms with E-state index in [1.54, 1.807) is 6.08 Å². The molecule has 0 aliphatic carbocycles. The molecular formula is C82H159NO13. The fourth-order valence-electron chi connectivity index (χ4n) is 14.4.